The molecule has 0 radical (unpaired) electrons. The highest BCUT2D eigenvalue weighted by molar-refractivity contribution is 5.72. The zero-order valence-electron chi connectivity index (χ0n) is 9.91. The number of aliphatic hydroxyl groups is 2. The van der Waals surface area contributed by atoms with Gasteiger partial charge in [-0.1, -0.05) is 24.3 Å². The number of aliphatic hydroxyl groups excluding tert-OH is 2. The van der Waals surface area contributed by atoms with Gasteiger partial charge in [0.25, 0.3) is 0 Å². The molecule has 1 aromatic carbocycles. The van der Waals surface area contributed by atoms with Crippen molar-refractivity contribution in [2.75, 3.05) is 11.1 Å². The summed E-state index contributed by atoms with van der Waals surface area (Å²) in [5.41, 5.74) is 6.97. The summed E-state index contributed by atoms with van der Waals surface area (Å²) in [6.45, 7) is 0. The number of nitrogens with zero attached hydrogens (tertiary/aromatic N) is 2. The normalized spacial score (nSPS) is 17.4. The lowest BCUT2D eigenvalue weighted by atomic mass is 10.1. The largest absolute Gasteiger partial charge is 0.506 e. The number of benzene rings is 1. The van der Waals surface area contributed by atoms with Crippen molar-refractivity contribution in [2.45, 2.75) is 6.04 Å². The number of nitrogen functional groups attached to an aromatic ring is 1. The second kappa shape index (κ2) is 4.16. The Balaban J connectivity index is 1.98. The minimum Gasteiger partial charge on any atom is -0.506 e. The molecule has 0 saturated carbocycles. The van der Waals surface area contributed by atoms with E-state index in [1.165, 1.54) is 6.33 Å². The second-order valence-electron chi connectivity index (χ2n) is 4.23. The van der Waals surface area contributed by atoms with Crippen molar-refractivity contribution in [3.05, 3.63) is 53.5 Å². The number of anilines is 2. The first-order valence-corrected chi connectivity index (χ1v) is 5.72. The summed E-state index contributed by atoms with van der Waals surface area (Å²) >= 11 is 0. The third kappa shape index (κ3) is 1.83. The Bertz CT molecular complexity index is 669. The van der Waals surface area contributed by atoms with E-state index in [-0.39, 0.29) is 11.5 Å². The highest BCUT2D eigenvalue weighted by atomic mass is 16.3. The lowest BCUT2D eigenvalue weighted by Gasteiger charge is -2.15. The molecule has 1 aliphatic carbocycles. The summed E-state index contributed by atoms with van der Waals surface area (Å²) in [7, 11) is 0. The van der Waals surface area contributed by atoms with Gasteiger partial charge in [0.05, 0.1) is 0 Å². The van der Waals surface area contributed by atoms with Gasteiger partial charge >= 0.3 is 0 Å². The molecule has 0 unspecified atom stereocenters. The molecule has 6 nitrogen and oxygen atoms in total. The first-order valence-electron chi connectivity index (χ1n) is 5.72. The standard InChI is InChI=1S/C13H12N4O2/c14-9-5-10(16-6-15-9)17-11-7-3-1-2-4-8(7)12(18)13(11)19/h1-6,11,18-19H,(H3,14,15,16,17)/t11-/m0/s1. The van der Waals surface area contributed by atoms with Gasteiger partial charge in [0, 0.05) is 11.6 Å². The van der Waals surface area contributed by atoms with Gasteiger partial charge in [-0.3, -0.25) is 0 Å². The average Bonchev–Trinajstić information content (AvgIpc) is 2.65. The Hall–Kier alpha value is -2.76. The third-order valence-electron chi connectivity index (χ3n) is 3.02. The highest BCUT2D eigenvalue weighted by Gasteiger charge is 2.31. The lowest BCUT2D eigenvalue weighted by Crippen LogP contribution is -2.12. The van der Waals surface area contributed by atoms with Crippen molar-refractivity contribution in [1.82, 2.24) is 9.97 Å². The van der Waals surface area contributed by atoms with Gasteiger partial charge in [0.15, 0.2) is 11.5 Å². The van der Waals surface area contributed by atoms with Crippen LogP contribution in [0.5, 0.6) is 0 Å². The molecule has 1 aromatic heterocycles. The minimum absolute atomic E-state index is 0.116. The van der Waals surface area contributed by atoms with Gasteiger partial charge in [-0.05, 0) is 5.56 Å². The fourth-order valence-corrected chi connectivity index (χ4v) is 2.13. The van der Waals surface area contributed by atoms with Gasteiger partial charge in [-0.25, -0.2) is 9.97 Å². The maximum absolute atomic E-state index is 10.0. The van der Waals surface area contributed by atoms with Gasteiger partial charge in [0.2, 0.25) is 0 Å². The molecule has 1 atom stereocenters. The zero-order chi connectivity index (χ0) is 13.4. The van der Waals surface area contributed by atoms with E-state index in [4.69, 9.17) is 5.73 Å². The summed E-state index contributed by atoms with van der Waals surface area (Å²) in [6, 6.07) is 8.24. The molecule has 2 aromatic rings. The van der Waals surface area contributed by atoms with Crippen LogP contribution < -0.4 is 11.1 Å². The number of fused-ring (bicyclic) bond motifs is 1. The van der Waals surface area contributed by atoms with E-state index in [1.54, 1.807) is 18.2 Å². The molecule has 96 valence electrons. The van der Waals surface area contributed by atoms with Crippen LogP contribution in [0.1, 0.15) is 17.2 Å². The van der Waals surface area contributed by atoms with E-state index < -0.39 is 6.04 Å². The molecule has 1 aliphatic rings. The fraction of sp³-hybridized carbons (Fsp3) is 0.0769. The smallest absolute Gasteiger partial charge is 0.163 e. The average molecular weight is 256 g/mol. The Morgan fingerprint density at radius 2 is 1.95 bits per heavy atom. The molecule has 3 rings (SSSR count). The maximum Gasteiger partial charge on any atom is 0.163 e. The maximum atomic E-state index is 10.0. The number of nitrogens with one attached hydrogen (secondary N) is 1. The predicted molar refractivity (Wildman–Crippen MR) is 71.4 cm³/mol. The first kappa shape index (κ1) is 11.3. The summed E-state index contributed by atoms with van der Waals surface area (Å²) in [5, 5.41) is 22.9. The van der Waals surface area contributed by atoms with E-state index in [1.807, 2.05) is 12.1 Å². The van der Waals surface area contributed by atoms with Crippen LogP contribution in [0.3, 0.4) is 0 Å². The lowest BCUT2D eigenvalue weighted by molar-refractivity contribution is 0.361. The summed E-state index contributed by atoms with van der Waals surface area (Å²) in [6.07, 6.45) is 1.33. The molecule has 1 heterocycles. The van der Waals surface area contributed by atoms with Gasteiger partial charge in [0.1, 0.15) is 24.0 Å². The Morgan fingerprint density at radius 3 is 2.74 bits per heavy atom. The van der Waals surface area contributed by atoms with E-state index >= 15 is 0 Å². The summed E-state index contributed by atoms with van der Waals surface area (Å²) in [4.78, 5) is 7.81. The monoisotopic (exact) mass is 256 g/mol. The molecule has 0 bridgehead atoms. The second-order valence-corrected chi connectivity index (χ2v) is 4.23. The highest BCUT2D eigenvalue weighted by Crippen LogP contribution is 2.39. The van der Waals surface area contributed by atoms with Crippen molar-refractivity contribution < 1.29 is 10.2 Å². The van der Waals surface area contributed by atoms with Crippen LogP contribution >= 0.6 is 0 Å². The SMILES string of the molecule is Nc1cc(N[C@@H]2C(O)=C(O)c3ccccc32)ncn1. The number of hydrogen-bond acceptors (Lipinski definition) is 6. The Morgan fingerprint density at radius 1 is 1.16 bits per heavy atom. The first-order chi connectivity index (χ1) is 9.16. The Labute approximate surface area is 109 Å². The van der Waals surface area contributed by atoms with E-state index in [0.29, 0.717) is 17.2 Å². The predicted octanol–water partition coefficient (Wildman–Crippen LogP) is 2.01. The van der Waals surface area contributed by atoms with Crippen molar-refractivity contribution >= 4 is 17.4 Å². The van der Waals surface area contributed by atoms with Crippen molar-refractivity contribution in [2.24, 2.45) is 0 Å². The minimum atomic E-state index is -0.537. The van der Waals surface area contributed by atoms with E-state index in [0.717, 1.165) is 5.56 Å². The molecular weight excluding hydrogens is 244 g/mol. The molecule has 0 saturated heterocycles. The van der Waals surface area contributed by atoms with Crippen LogP contribution in [0.25, 0.3) is 5.76 Å². The van der Waals surface area contributed by atoms with Crippen LogP contribution in [-0.2, 0) is 0 Å². The quantitative estimate of drug-likeness (QED) is 0.655. The van der Waals surface area contributed by atoms with Gasteiger partial charge in [-0.15, -0.1) is 0 Å². The zero-order valence-corrected chi connectivity index (χ0v) is 9.91. The van der Waals surface area contributed by atoms with Crippen molar-refractivity contribution in [3.8, 4) is 0 Å². The molecule has 0 fully saturated rings. The van der Waals surface area contributed by atoms with Crippen LogP contribution in [0.4, 0.5) is 11.6 Å². The number of rotatable bonds is 2. The number of hydrogen-bond donors (Lipinski definition) is 4. The van der Waals surface area contributed by atoms with Crippen LogP contribution in [0.2, 0.25) is 0 Å². The fourth-order valence-electron chi connectivity index (χ4n) is 2.13. The molecular formula is C13H12N4O2. The molecule has 19 heavy (non-hydrogen) atoms. The van der Waals surface area contributed by atoms with Crippen LogP contribution in [0, 0.1) is 0 Å². The van der Waals surface area contributed by atoms with Gasteiger partial charge < -0.3 is 21.3 Å². The van der Waals surface area contributed by atoms with Gasteiger partial charge in [-0.2, -0.15) is 0 Å². The van der Waals surface area contributed by atoms with Crippen molar-refractivity contribution in [1.29, 1.82) is 0 Å². The Kier molecular flexibility index (Phi) is 2.49. The van der Waals surface area contributed by atoms with Crippen molar-refractivity contribution in [3.63, 3.8) is 0 Å². The number of aromatic nitrogens is 2. The molecule has 5 N–H and O–H groups in total. The topological polar surface area (TPSA) is 104 Å². The number of nitrogens with two attached hydrogens (primary N) is 1. The summed E-state index contributed by atoms with van der Waals surface area (Å²) in [5.74, 6) is 0.568. The van der Waals surface area contributed by atoms with E-state index in [9.17, 15) is 10.2 Å². The molecule has 6 heteroatoms. The molecule has 0 spiro atoms. The summed E-state index contributed by atoms with van der Waals surface area (Å²) < 4.78 is 0. The van der Waals surface area contributed by atoms with Crippen LogP contribution in [0.15, 0.2) is 42.4 Å². The van der Waals surface area contributed by atoms with Crippen LogP contribution in [-0.4, -0.2) is 20.2 Å². The van der Waals surface area contributed by atoms with E-state index in [2.05, 4.69) is 15.3 Å². The third-order valence-corrected chi connectivity index (χ3v) is 3.02. The molecule has 0 aliphatic heterocycles. The molecule has 0 amide bonds.